The van der Waals surface area contributed by atoms with Crippen LogP contribution in [-0.4, -0.2) is 9.78 Å². The standard InChI is InChI=1S/C13H8Cl2F3N3/c1-2-7-6-21(20-11(7)5-19)12-9(14)3-8(4-10(12)15)13(16,17)18/h3-4,6H,2H2,1H3. The minimum absolute atomic E-state index is 0.113. The zero-order valence-electron chi connectivity index (χ0n) is 10.7. The second-order valence-electron chi connectivity index (χ2n) is 4.20. The van der Waals surface area contributed by atoms with E-state index in [4.69, 9.17) is 28.5 Å². The third-order valence-electron chi connectivity index (χ3n) is 2.85. The molecule has 2 aromatic rings. The van der Waals surface area contributed by atoms with Gasteiger partial charge in [0.1, 0.15) is 11.8 Å². The number of nitriles is 1. The Hall–Kier alpha value is -1.71. The van der Waals surface area contributed by atoms with Crippen LogP contribution in [0.5, 0.6) is 0 Å². The highest BCUT2D eigenvalue weighted by atomic mass is 35.5. The van der Waals surface area contributed by atoms with E-state index in [2.05, 4.69) is 5.10 Å². The molecule has 0 saturated carbocycles. The van der Waals surface area contributed by atoms with Gasteiger partial charge in [0.15, 0.2) is 5.69 Å². The maximum Gasteiger partial charge on any atom is 0.416 e. The van der Waals surface area contributed by atoms with E-state index in [0.29, 0.717) is 12.0 Å². The van der Waals surface area contributed by atoms with Gasteiger partial charge in [-0.2, -0.15) is 23.5 Å². The normalized spacial score (nSPS) is 11.5. The minimum atomic E-state index is -4.54. The summed E-state index contributed by atoms with van der Waals surface area (Å²) in [5.74, 6) is 0. The Bertz CT molecular complexity index is 706. The highest BCUT2D eigenvalue weighted by molar-refractivity contribution is 6.37. The van der Waals surface area contributed by atoms with Gasteiger partial charge in [0.05, 0.1) is 15.6 Å². The van der Waals surface area contributed by atoms with Crippen molar-refractivity contribution in [2.75, 3.05) is 0 Å². The van der Waals surface area contributed by atoms with Crippen LogP contribution in [0.2, 0.25) is 10.0 Å². The maximum atomic E-state index is 12.7. The molecular weight excluding hydrogens is 326 g/mol. The molecule has 21 heavy (non-hydrogen) atoms. The van der Waals surface area contributed by atoms with E-state index in [1.807, 2.05) is 13.0 Å². The number of aryl methyl sites for hydroxylation is 1. The summed E-state index contributed by atoms with van der Waals surface area (Å²) in [5.41, 5.74) is 0.0150. The topological polar surface area (TPSA) is 41.6 Å². The first kappa shape index (κ1) is 15.7. The summed E-state index contributed by atoms with van der Waals surface area (Å²) in [5, 5.41) is 12.6. The lowest BCUT2D eigenvalue weighted by Crippen LogP contribution is -2.07. The van der Waals surface area contributed by atoms with Gasteiger partial charge in [0.2, 0.25) is 0 Å². The largest absolute Gasteiger partial charge is 0.416 e. The van der Waals surface area contributed by atoms with Gasteiger partial charge in [0, 0.05) is 11.8 Å². The van der Waals surface area contributed by atoms with Gasteiger partial charge in [-0.15, -0.1) is 0 Å². The molecule has 0 spiro atoms. The van der Waals surface area contributed by atoms with Crippen LogP contribution in [-0.2, 0) is 12.6 Å². The molecule has 0 N–H and O–H groups in total. The van der Waals surface area contributed by atoms with Crippen LogP contribution in [0.1, 0.15) is 23.7 Å². The number of hydrogen-bond acceptors (Lipinski definition) is 2. The number of rotatable bonds is 2. The molecule has 0 aliphatic rings. The van der Waals surface area contributed by atoms with Crippen molar-refractivity contribution >= 4 is 23.2 Å². The molecule has 0 bridgehead atoms. The Morgan fingerprint density at radius 3 is 2.24 bits per heavy atom. The zero-order chi connectivity index (χ0) is 15.8. The predicted molar refractivity (Wildman–Crippen MR) is 72.7 cm³/mol. The summed E-state index contributed by atoms with van der Waals surface area (Å²) in [6.45, 7) is 1.83. The summed E-state index contributed by atoms with van der Waals surface area (Å²) in [7, 11) is 0. The molecule has 1 heterocycles. The molecule has 0 saturated heterocycles. The molecule has 110 valence electrons. The molecule has 1 aromatic heterocycles. The lowest BCUT2D eigenvalue weighted by molar-refractivity contribution is -0.137. The summed E-state index contributed by atoms with van der Waals surface area (Å²) >= 11 is 11.8. The van der Waals surface area contributed by atoms with Crippen molar-refractivity contribution in [3.05, 3.63) is 45.2 Å². The van der Waals surface area contributed by atoms with Crippen LogP contribution in [0.4, 0.5) is 13.2 Å². The predicted octanol–water partition coefficient (Wildman–Crippen LogP) is 4.63. The van der Waals surface area contributed by atoms with Crippen molar-refractivity contribution in [3.63, 3.8) is 0 Å². The lowest BCUT2D eigenvalue weighted by atomic mass is 10.2. The van der Waals surface area contributed by atoms with E-state index in [1.165, 1.54) is 10.9 Å². The molecule has 0 aliphatic heterocycles. The average Bonchev–Trinajstić information content (AvgIpc) is 2.79. The zero-order valence-corrected chi connectivity index (χ0v) is 12.2. The van der Waals surface area contributed by atoms with Crippen molar-refractivity contribution in [2.45, 2.75) is 19.5 Å². The number of nitrogens with zero attached hydrogens (tertiary/aromatic N) is 3. The van der Waals surface area contributed by atoms with E-state index in [0.717, 1.165) is 12.1 Å². The van der Waals surface area contributed by atoms with E-state index < -0.39 is 11.7 Å². The van der Waals surface area contributed by atoms with Gasteiger partial charge in [-0.3, -0.25) is 0 Å². The van der Waals surface area contributed by atoms with Crippen LogP contribution < -0.4 is 0 Å². The smallest absolute Gasteiger partial charge is 0.236 e. The SMILES string of the molecule is CCc1cn(-c2c(Cl)cc(C(F)(F)F)cc2Cl)nc1C#N. The number of benzene rings is 1. The number of aromatic nitrogens is 2. The van der Waals surface area contributed by atoms with Crippen LogP contribution in [0.3, 0.4) is 0 Å². The Kier molecular flexibility index (Phi) is 4.17. The van der Waals surface area contributed by atoms with Crippen LogP contribution >= 0.6 is 23.2 Å². The van der Waals surface area contributed by atoms with E-state index >= 15 is 0 Å². The van der Waals surface area contributed by atoms with Gasteiger partial charge < -0.3 is 0 Å². The molecule has 2 rings (SSSR count). The number of alkyl halides is 3. The maximum absolute atomic E-state index is 12.7. The summed E-state index contributed by atoms with van der Waals surface area (Å²) in [4.78, 5) is 0. The molecule has 0 atom stereocenters. The second kappa shape index (κ2) is 5.58. The highest BCUT2D eigenvalue weighted by Crippen LogP contribution is 2.37. The fourth-order valence-corrected chi connectivity index (χ4v) is 2.49. The molecule has 1 aromatic carbocycles. The molecule has 0 fully saturated rings. The molecular formula is C13H8Cl2F3N3. The minimum Gasteiger partial charge on any atom is -0.236 e. The van der Waals surface area contributed by atoms with Gasteiger partial charge in [-0.05, 0) is 18.6 Å². The average molecular weight is 334 g/mol. The first-order valence-electron chi connectivity index (χ1n) is 5.83. The van der Waals surface area contributed by atoms with Crippen molar-refractivity contribution < 1.29 is 13.2 Å². The lowest BCUT2D eigenvalue weighted by Gasteiger charge is -2.12. The first-order chi connectivity index (χ1) is 9.77. The Morgan fingerprint density at radius 2 is 1.86 bits per heavy atom. The molecule has 0 radical (unpaired) electrons. The Labute approximate surface area is 128 Å². The highest BCUT2D eigenvalue weighted by Gasteiger charge is 2.32. The summed E-state index contributed by atoms with van der Waals surface area (Å²) in [6.07, 6.45) is -2.46. The van der Waals surface area contributed by atoms with Gasteiger partial charge in [-0.1, -0.05) is 30.1 Å². The van der Waals surface area contributed by atoms with Crippen LogP contribution in [0.25, 0.3) is 5.69 Å². The second-order valence-corrected chi connectivity index (χ2v) is 5.01. The third-order valence-corrected chi connectivity index (χ3v) is 3.43. The van der Waals surface area contributed by atoms with Gasteiger partial charge >= 0.3 is 6.18 Å². The van der Waals surface area contributed by atoms with Crippen molar-refractivity contribution in [2.24, 2.45) is 0 Å². The van der Waals surface area contributed by atoms with E-state index in [9.17, 15) is 13.2 Å². The molecule has 3 nitrogen and oxygen atoms in total. The Morgan fingerprint density at radius 1 is 1.29 bits per heavy atom. The third kappa shape index (κ3) is 2.99. The van der Waals surface area contributed by atoms with Crippen molar-refractivity contribution in [1.82, 2.24) is 9.78 Å². The summed E-state index contributed by atoms with van der Waals surface area (Å²) < 4.78 is 39.3. The first-order valence-corrected chi connectivity index (χ1v) is 6.58. The van der Waals surface area contributed by atoms with Crippen LogP contribution in [0.15, 0.2) is 18.3 Å². The van der Waals surface area contributed by atoms with Gasteiger partial charge in [0.25, 0.3) is 0 Å². The van der Waals surface area contributed by atoms with Gasteiger partial charge in [-0.25, -0.2) is 4.68 Å². The quantitative estimate of drug-likeness (QED) is 0.803. The number of hydrogen-bond donors (Lipinski definition) is 0. The fourth-order valence-electron chi connectivity index (χ4n) is 1.83. The molecule has 0 amide bonds. The van der Waals surface area contributed by atoms with Crippen LogP contribution in [0, 0.1) is 11.3 Å². The monoisotopic (exact) mass is 333 g/mol. The molecule has 0 aliphatic carbocycles. The molecule has 8 heteroatoms. The Balaban J connectivity index is 2.61. The van der Waals surface area contributed by atoms with E-state index in [-0.39, 0.29) is 21.4 Å². The number of halogens is 5. The van der Waals surface area contributed by atoms with Crippen molar-refractivity contribution in [1.29, 1.82) is 5.26 Å². The van der Waals surface area contributed by atoms with Crippen molar-refractivity contribution in [3.8, 4) is 11.8 Å². The summed E-state index contributed by atoms with van der Waals surface area (Å²) in [6, 6.07) is 3.47. The van der Waals surface area contributed by atoms with E-state index in [1.54, 1.807) is 0 Å². The fraction of sp³-hybridized carbons (Fsp3) is 0.231. The molecule has 0 unspecified atom stereocenters.